The monoisotopic (exact) mass is 193 g/mol. The summed E-state index contributed by atoms with van der Waals surface area (Å²) in [4.78, 5) is 2.28. The van der Waals surface area contributed by atoms with Crippen molar-refractivity contribution in [1.29, 1.82) is 0 Å². The lowest BCUT2D eigenvalue weighted by molar-refractivity contribution is 0.461. The van der Waals surface area contributed by atoms with Crippen LogP contribution in [-0.4, -0.2) is 18.5 Å². The number of hydrogen-bond acceptors (Lipinski definition) is 1. The molecule has 1 heterocycles. The van der Waals surface area contributed by atoms with Crippen molar-refractivity contribution >= 4 is 0 Å². The predicted molar refractivity (Wildman–Crippen MR) is 65.2 cm³/mol. The molecule has 0 N–H and O–H groups in total. The molecule has 1 aliphatic rings. The van der Waals surface area contributed by atoms with E-state index in [-0.39, 0.29) is 0 Å². The van der Waals surface area contributed by atoms with Crippen LogP contribution in [0.5, 0.6) is 0 Å². The molecule has 80 valence electrons. The highest BCUT2D eigenvalue weighted by Crippen LogP contribution is 2.22. The molecule has 0 fully saturated rings. The molecule has 0 atom stereocenters. The third-order valence-electron chi connectivity index (χ3n) is 2.12. The van der Waals surface area contributed by atoms with E-state index in [0.29, 0.717) is 0 Å². The van der Waals surface area contributed by atoms with Crippen molar-refractivity contribution in [3.63, 3.8) is 0 Å². The van der Waals surface area contributed by atoms with Crippen LogP contribution in [0.25, 0.3) is 0 Å². The highest BCUT2D eigenvalue weighted by atomic mass is 15.1. The van der Waals surface area contributed by atoms with Crippen LogP contribution in [-0.2, 0) is 0 Å². The summed E-state index contributed by atoms with van der Waals surface area (Å²) in [5, 5.41) is 0. The Hall–Kier alpha value is -0.980. The molecule has 1 aliphatic heterocycles. The Labute approximate surface area is 88.8 Å². The highest BCUT2D eigenvalue weighted by molar-refractivity contribution is 5.43. The standard InChI is InChI=1S/C11H17N.C2H6/c1-5-10-7-6-8-12(4)11(10)9(2)3;1-2/h5-7H,8H2,1-4H3;1-2H3/b10-5-;. The van der Waals surface area contributed by atoms with Crippen molar-refractivity contribution < 1.29 is 0 Å². The molecule has 0 saturated carbocycles. The quantitative estimate of drug-likeness (QED) is 0.566. The molecule has 1 rings (SSSR count). The molecule has 0 radical (unpaired) electrons. The summed E-state index contributed by atoms with van der Waals surface area (Å²) in [6.45, 7) is 11.4. The molecule has 0 aromatic carbocycles. The first-order chi connectivity index (χ1) is 6.66. The summed E-state index contributed by atoms with van der Waals surface area (Å²) in [6.07, 6.45) is 6.55. The van der Waals surface area contributed by atoms with Crippen LogP contribution in [0, 0.1) is 0 Å². The molecular formula is C13H23N. The van der Waals surface area contributed by atoms with Gasteiger partial charge in [0.05, 0.1) is 0 Å². The Bertz CT molecular complexity index is 252. The fourth-order valence-corrected chi connectivity index (χ4v) is 1.63. The van der Waals surface area contributed by atoms with Crippen molar-refractivity contribution in [3.05, 3.63) is 35.1 Å². The maximum Gasteiger partial charge on any atom is 0.0422 e. The molecule has 0 spiro atoms. The number of rotatable bonds is 0. The summed E-state index contributed by atoms with van der Waals surface area (Å²) in [5.74, 6) is 0. The van der Waals surface area contributed by atoms with Crippen LogP contribution in [0.3, 0.4) is 0 Å². The SMILES string of the molecule is C/C=C1/C=CCN(C)C1=C(C)C.CC. The zero-order chi connectivity index (χ0) is 11.1. The Morgan fingerprint density at radius 1 is 1.36 bits per heavy atom. The number of likely N-dealkylation sites (N-methyl/N-ethyl adjacent to an activating group) is 1. The van der Waals surface area contributed by atoms with Crippen molar-refractivity contribution in [3.8, 4) is 0 Å². The van der Waals surface area contributed by atoms with E-state index in [1.807, 2.05) is 13.8 Å². The molecular weight excluding hydrogens is 170 g/mol. The van der Waals surface area contributed by atoms with Crippen LogP contribution < -0.4 is 0 Å². The maximum atomic E-state index is 2.28. The van der Waals surface area contributed by atoms with Crippen molar-refractivity contribution in [2.75, 3.05) is 13.6 Å². The van der Waals surface area contributed by atoms with Crippen LogP contribution in [0.2, 0.25) is 0 Å². The molecule has 0 saturated heterocycles. The second-order valence-electron chi connectivity index (χ2n) is 3.38. The number of hydrogen-bond donors (Lipinski definition) is 0. The Morgan fingerprint density at radius 3 is 2.29 bits per heavy atom. The first kappa shape index (κ1) is 13.0. The first-order valence-corrected chi connectivity index (χ1v) is 5.38. The molecule has 0 aromatic rings. The minimum Gasteiger partial charge on any atom is -0.370 e. The van der Waals surface area contributed by atoms with Crippen molar-refractivity contribution in [2.45, 2.75) is 34.6 Å². The smallest absolute Gasteiger partial charge is 0.0422 e. The van der Waals surface area contributed by atoms with E-state index in [2.05, 4.69) is 50.9 Å². The summed E-state index contributed by atoms with van der Waals surface area (Å²) in [5.41, 5.74) is 4.10. The summed E-state index contributed by atoms with van der Waals surface area (Å²) < 4.78 is 0. The van der Waals surface area contributed by atoms with Gasteiger partial charge in [-0.1, -0.05) is 37.6 Å². The van der Waals surface area contributed by atoms with Gasteiger partial charge in [-0.25, -0.2) is 0 Å². The zero-order valence-electron chi connectivity index (χ0n) is 10.4. The molecule has 1 nitrogen and oxygen atoms in total. The highest BCUT2D eigenvalue weighted by Gasteiger charge is 2.11. The molecule has 0 bridgehead atoms. The lowest BCUT2D eigenvalue weighted by Gasteiger charge is -2.27. The van der Waals surface area contributed by atoms with Crippen molar-refractivity contribution in [2.24, 2.45) is 0 Å². The van der Waals surface area contributed by atoms with Crippen LogP contribution in [0.15, 0.2) is 35.1 Å². The molecule has 0 amide bonds. The maximum absolute atomic E-state index is 2.28. The lowest BCUT2D eigenvalue weighted by atomic mass is 10.0. The van der Waals surface area contributed by atoms with E-state index in [0.717, 1.165) is 6.54 Å². The van der Waals surface area contributed by atoms with E-state index in [4.69, 9.17) is 0 Å². The summed E-state index contributed by atoms with van der Waals surface area (Å²) in [6, 6.07) is 0. The van der Waals surface area contributed by atoms with Gasteiger partial charge in [0.25, 0.3) is 0 Å². The van der Waals surface area contributed by atoms with Gasteiger partial charge in [0.1, 0.15) is 0 Å². The number of allylic oxidation sites excluding steroid dienone is 3. The van der Waals surface area contributed by atoms with E-state index in [1.54, 1.807) is 0 Å². The Kier molecular flexibility index (Phi) is 6.02. The lowest BCUT2D eigenvalue weighted by Crippen LogP contribution is -2.22. The van der Waals surface area contributed by atoms with Gasteiger partial charge in [0, 0.05) is 19.3 Å². The van der Waals surface area contributed by atoms with Gasteiger partial charge in [-0.2, -0.15) is 0 Å². The third kappa shape index (κ3) is 3.06. The second-order valence-corrected chi connectivity index (χ2v) is 3.38. The van der Waals surface area contributed by atoms with Gasteiger partial charge in [-0.05, 0) is 26.3 Å². The van der Waals surface area contributed by atoms with Gasteiger partial charge in [0.2, 0.25) is 0 Å². The normalized spacial score (nSPS) is 18.0. The number of nitrogens with zero attached hydrogens (tertiary/aromatic N) is 1. The van der Waals surface area contributed by atoms with Crippen LogP contribution >= 0.6 is 0 Å². The fraction of sp³-hybridized carbons (Fsp3) is 0.538. The fourth-order valence-electron chi connectivity index (χ4n) is 1.63. The molecule has 0 aliphatic carbocycles. The molecule has 0 aromatic heterocycles. The second kappa shape index (κ2) is 6.47. The van der Waals surface area contributed by atoms with Crippen LogP contribution in [0.4, 0.5) is 0 Å². The topological polar surface area (TPSA) is 3.24 Å². The largest absolute Gasteiger partial charge is 0.370 e. The minimum atomic E-state index is 1.03. The predicted octanol–water partition coefficient (Wildman–Crippen LogP) is 3.75. The van der Waals surface area contributed by atoms with E-state index in [9.17, 15) is 0 Å². The summed E-state index contributed by atoms with van der Waals surface area (Å²) in [7, 11) is 2.13. The first-order valence-electron chi connectivity index (χ1n) is 5.38. The van der Waals surface area contributed by atoms with E-state index < -0.39 is 0 Å². The van der Waals surface area contributed by atoms with Gasteiger partial charge < -0.3 is 4.90 Å². The minimum absolute atomic E-state index is 1.03. The molecule has 14 heavy (non-hydrogen) atoms. The van der Waals surface area contributed by atoms with E-state index in [1.165, 1.54) is 16.8 Å². The van der Waals surface area contributed by atoms with E-state index >= 15 is 0 Å². The van der Waals surface area contributed by atoms with Gasteiger partial charge in [-0.15, -0.1) is 0 Å². The zero-order valence-corrected chi connectivity index (χ0v) is 10.4. The average Bonchev–Trinajstić information content (AvgIpc) is 2.19. The van der Waals surface area contributed by atoms with Gasteiger partial charge >= 0.3 is 0 Å². The Morgan fingerprint density at radius 2 is 1.93 bits per heavy atom. The molecule has 0 unspecified atom stereocenters. The van der Waals surface area contributed by atoms with Gasteiger partial charge in [0.15, 0.2) is 0 Å². The molecule has 1 heteroatoms. The van der Waals surface area contributed by atoms with Crippen molar-refractivity contribution in [1.82, 2.24) is 4.90 Å². The third-order valence-corrected chi connectivity index (χ3v) is 2.12. The summed E-state index contributed by atoms with van der Waals surface area (Å²) >= 11 is 0. The average molecular weight is 193 g/mol. The Balaban J connectivity index is 0.000000791. The van der Waals surface area contributed by atoms with Crippen LogP contribution in [0.1, 0.15) is 34.6 Å². The van der Waals surface area contributed by atoms with Gasteiger partial charge in [-0.3, -0.25) is 0 Å².